The first-order chi connectivity index (χ1) is 23.3. The van der Waals surface area contributed by atoms with Crippen LogP contribution in [-0.2, 0) is 10.0 Å². The molecule has 4 nitrogen and oxygen atoms in total. The van der Waals surface area contributed by atoms with Crippen LogP contribution in [0.5, 0.6) is 0 Å². The van der Waals surface area contributed by atoms with Crippen molar-refractivity contribution in [3.63, 3.8) is 0 Å². The number of benzene rings is 2. The first kappa shape index (κ1) is 43.0. The molecule has 0 heterocycles. The molecule has 0 aliphatic carbocycles. The Morgan fingerprint density at radius 2 is 0.917 bits per heavy atom. The van der Waals surface area contributed by atoms with Crippen LogP contribution in [0.15, 0.2) is 41.3 Å². The summed E-state index contributed by atoms with van der Waals surface area (Å²) >= 11 is 0. The lowest BCUT2D eigenvalue weighted by Gasteiger charge is -2.28. The number of sulfonamides is 1. The van der Waals surface area contributed by atoms with Crippen LogP contribution in [0.1, 0.15) is 162 Å². The van der Waals surface area contributed by atoms with Gasteiger partial charge < -0.3 is 4.90 Å². The van der Waals surface area contributed by atoms with E-state index >= 15 is 0 Å². The van der Waals surface area contributed by atoms with Gasteiger partial charge in [-0.2, -0.15) is 0 Å². The molecule has 2 aromatic rings. The second-order valence-corrected chi connectivity index (χ2v) is 21.1. The van der Waals surface area contributed by atoms with E-state index in [9.17, 15) is 8.42 Å². The first-order valence-electron chi connectivity index (χ1n) is 20.3. The molecule has 0 aliphatic heterocycles. The molecule has 0 atom stereocenters. The van der Waals surface area contributed by atoms with Crippen molar-refractivity contribution in [1.29, 1.82) is 0 Å². The molecular formula is C42H76N2O2PS+. The average molecular weight is 704 g/mol. The summed E-state index contributed by atoms with van der Waals surface area (Å²) < 4.78 is 29.2. The first-order valence-corrected chi connectivity index (χ1v) is 24.4. The molecular weight excluding hydrogens is 628 g/mol. The zero-order valence-corrected chi connectivity index (χ0v) is 33.9. The van der Waals surface area contributed by atoms with Crippen molar-refractivity contribution in [3.05, 3.63) is 36.4 Å². The Morgan fingerprint density at radius 3 is 1.38 bits per heavy atom. The minimum atomic E-state index is -3.54. The van der Waals surface area contributed by atoms with E-state index in [0.29, 0.717) is 11.4 Å². The van der Waals surface area contributed by atoms with E-state index in [1.165, 1.54) is 128 Å². The van der Waals surface area contributed by atoms with Gasteiger partial charge in [-0.1, -0.05) is 129 Å². The maximum atomic E-state index is 13.2. The number of unbranched alkanes of at least 4 members (excludes halogenated alkanes) is 18. The topological polar surface area (TPSA) is 49.4 Å². The molecule has 0 saturated carbocycles. The van der Waals surface area contributed by atoms with Crippen molar-refractivity contribution >= 4 is 33.7 Å². The zero-order chi connectivity index (χ0) is 34.9. The van der Waals surface area contributed by atoms with Gasteiger partial charge in [-0.3, -0.25) is 0 Å². The molecule has 2 aromatic carbocycles. The average Bonchev–Trinajstić information content (AvgIpc) is 3.08. The fourth-order valence-electron chi connectivity index (χ4n) is 7.45. The molecule has 48 heavy (non-hydrogen) atoms. The van der Waals surface area contributed by atoms with Gasteiger partial charge in [-0.05, 0) is 69.9 Å². The summed E-state index contributed by atoms with van der Waals surface area (Å²) in [5.41, 5.74) is 1.03. The zero-order valence-electron chi connectivity index (χ0n) is 32.2. The smallest absolute Gasteiger partial charge is 0.241 e. The molecule has 0 unspecified atom stereocenters. The molecule has 1 N–H and O–H groups in total. The highest BCUT2D eigenvalue weighted by molar-refractivity contribution is 7.89. The lowest BCUT2D eigenvalue weighted by molar-refractivity contribution is 0.549. The van der Waals surface area contributed by atoms with Crippen LogP contribution in [0.3, 0.4) is 0 Å². The summed E-state index contributed by atoms with van der Waals surface area (Å²) in [6.07, 6.45) is 36.4. The molecule has 0 aliphatic rings. The second kappa shape index (κ2) is 25.7. The second-order valence-electron chi connectivity index (χ2n) is 14.9. The van der Waals surface area contributed by atoms with Gasteiger partial charge in [-0.25, -0.2) is 13.1 Å². The summed E-state index contributed by atoms with van der Waals surface area (Å²) in [4.78, 5) is 2.41. The number of hydrogen-bond acceptors (Lipinski definition) is 3. The van der Waals surface area contributed by atoms with Crippen molar-refractivity contribution in [2.24, 2.45) is 0 Å². The van der Waals surface area contributed by atoms with Gasteiger partial charge >= 0.3 is 0 Å². The number of hydrogen-bond donors (Lipinski definition) is 1. The molecule has 0 fully saturated rings. The van der Waals surface area contributed by atoms with Crippen LogP contribution < -0.4 is 9.62 Å². The molecule has 0 saturated heterocycles. The quantitative estimate of drug-likeness (QED) is 0.0628. The van der Waals surface area contributed by atoms with Gasteiger partial charge in [0.2, 0.25) is 10.0 Å². The Labute approximate surface area is 299 Å². The summed E-state index contributed by atoms with van der Waals surface area (Å²) in [5.74, 6) is 0. The van der Waals surface area contributed by atoms with E-state index < -0.39 is 17.3 Å². The van der Waals surface area contributed by atoms with Crippen molar-refractivity contribution < 1.29 is 8.42 Å². The van der Waals surface area contributed by atoms with Crippen LogP contribution in [0.2, 0.25) is 0 Å². The van der Waals surface area contributed by atoms with Crippen molar-refractivity contribution in [1.82, 2.24) is 4.72 Å². The Hall–Kier alpha value is -1.16. The Morgan fingerprint density at radius 1 is 0.521 bits per heavy atom. The third kappa shape index (κ3) is 16.7. The number of fused-ring (bicyclic) bond motifs is 1. The van der Waals surface area contributed by atoms with Gasteiger partial charge in [0.15, 0.2) is 0 Å². The number of anilines is 1. The third-order valence-corrected chi connectivity index (χ3v) is 17.0. The number of rotatable bonds is 31. The third-order valence-electron chi connectivity index (χ3n) is 10.4. The molecule has 0 bridgehead atoms. The van der Waals surface area contributed by atoms with Crippen LogP contribution in [-0.4, -0.2) is 53.7 Å². The fourth-order valence-corrected chi connectivity index (χ4v) is 13.7. The van der Waals surface area contributed by atoms with E-state index in [4.69, 9.17) is 0 Å². The summed E-state index contributed by atoms with van der Waals surface area (Å²) in [6, 6.07) is 11.4. The Bertz CT molecular complexity index is 1170. The van der Waals surface area contributed by atoms with Crippen molar-refractivity contribution in [2.45, 2.75) is 167 Å². The highest BCUT2D eigenvalue weighted by Gasteiger charge is 2.35. The Balaban J connectivity index is 1.65. The molecule has 0 amide bonds. The van der Waals surface area contributed by atoms with E-state index in [1.807, 2.05) is 49.3 Å². The van der Waals surface area contributed by atoms with Crippen molar-refractivity contribution in [2.75, 3.05) is 50.2 Å². The summed E-state index contributed by atoms with van der Waals surface area (Å²) in [5, 5.41) is 1.75. The van der Waals surface area contributed by atoms with Gasteiger partial charge in [0.1, 0.15) is 0 Å². The number of nitrogens with zero attached hydrogens (tertiary/aromatic N) is 1. The predicted molar refractivity (Wildman–Crippen MR) is 218 cm³/mol. The maximum Gasteiger partial charge on any atom is 0.241 e. The largest absolute Gasteiger partial charge is 0.377 e. The molecule has 6 heteroatoms. The van der Waals surface area contributed by atoms with Gasteiger partial charge in [0, 0.05) is 44.4 Å². The van der Waals surface area contributed by atoms with E-state index in [1.54, 1.807) is 30.7 Å². The predicted octanol–water partition coefficient (Wildman–Crippen LogP) is 12.8. The van der Waals surface area contributed by atoms with Gasteiger partial charge in [-0.15, -0.1) is 0 Å². The van der Waals surface area contributed by atoms with E-state index in [-0.39, 0.29) is 0 Å². The summed E-state index contributed by atoms with van der Waals surface area (Å²) in [7, 11) is -0.349. The lowest BCUT2D eigenvalue weighted by atomic mass is 10.1. The molecule has 0 spiro atoms. The van der Waals surface area contributed by atoms with Crippen LogP contribution >= 0.6 is 7.26 Å². The van der Waals surface area contributed by atoms with E-state index in [0.717, 1.165) is 29.3 Å². The molecule has 2 rings (SSSR count). The fraction of sp³-hybridized carbons (Fsp3) is 0.762. The SMILES string of the molecule is CCCCCC[P+](CCCCCC)(CCCCCC)CCCCCCCCCCCCNS(=O)(=O)c1cccc2c(N(C)C)cccc12. The number of nitrogens with one attached hydrogen (secondary N) is 1. The molecule has 0 radical (unpaired) electrons. The lowest BCUT2D eigenvalue weighted by Crippen LogP contribution is -2.25. The maximum absolute atomic E-state index is 13.2. The van der Waals surface area contributed by atoms with Gasteiger partial charge in [0.05, 0.1) is 29.5 Å². The molecule has 276 valence electrons. The van der Waals surface area contributed by atoms with Crippen LogP contribution in [0, 0.1) is 0 Å². The minimum absolute atomic E-state index is 0.377. The standard InChI is InChI=1S/C42H76N2O2PS/c1-6-9-12-24-35-47(36-25-13-10-7-2,37-26-14-11-8-3)38-27-22-20-18-16-15-17-19-21-23-34-43-48(45,46)42-33-29-30-39-40(42)31-28-32-41(39)44(4)5/h28-33,43H,6-27,34-38H2,1-5H3/q+1. The minimum Gasteiger partial charge on any atom is -0.377 e. The van der Waals surface area contributed by atoms with Crippen molar-refractivity contribution in [3.8, 4) is 0 Å². The summed E-state index contributed by atoms with van der Waals surface area (Å²) in [6.45, 7) is 7.55. The van der Waals surface area contributed by atoms with Crippen LogP contribution in [0.25, 0.3) is 10.8 Å². The Kier molecular flexibility index (Phi) is 23.1. The molecule has 0 aromatic heterocycles. The monoisotopic (exact) mass is 704 g/mol. The highest BCUT2D eigenvalue weighted by atomic mass is 32.2. The van der Waals surface area contributed by atoms with Gasteiger partial charge in [0.25, 0.3) is 0 Å². The highest BCUT2D eigenvalue weighted by Crippen LogP contribution is 2.61. The van der Waals surface area contributed by atoms with E-state index in [2.05, 4.69) is 25.5 Å². The van der Waals surface area contributed by atoms with Crippen LogP contribution in [0.4, 0.5) is 5.69 Å². The normalized spacial score (nSPS) is 12.3.